The highest BCUT2D eigenvalue weighted by atomic mass is 35.5. The molecule has 92 valence electrons. The first-order chi connectivity index (χ1) is 8.50. The maximum absolute atomic E-state index is 11.3. The number of pyridine rings is 1. The van der Waals surface area contributed by atoms with E-state index in [1.165, 1.54) is 6.07 Å². The fraction of sp³-hybridized carbons (Fsp3) is 0.0769. The van der Waals surface area contributed by atoms with E-state index in [1.54, 1.807) is 0 Å². The van der Waals surface area contributed by atoms with E-state index >= 15 is 0 Å². The van der Waals surface area contributed by atoms with Crippen LogP contribution in [0.4, 0.5) is 0 Å². The summed E-state index contributed by atoms with van der Waals surface area (Å²) in [5, 5.41) is 9.29. The number of nitrogens with zero attached hydrogens (tertiary/aromatic N) is 1. The first-order valence-electron chi connectivity index (χ1n) is 5.16. The van der Waals surface area contributed by atoms with Crippen LogP contribution in [0.25, 0.3) is 11.1 Å². The molecule has 1 aromatic carbocycles. The third-order valence-electron chi connectivity index (χ3n) is 2.59. The largest absolute Gasteiger partial charge is 0.478 e. The normalized spacial score (nSPS) is 10.4. The summed E-state index contributed by atoms with van der Waals surface area (Å²) in [5.74, 6) is -1.12. The minimum Gasteiger partial charge on any atom is -0.478 e. The van der Waals surface area contributed by atoms with Gasteiger partial charge in [0.25, 0.3) is 0 Å². The predicted octanol–water partition coefficient (Wildman–Crippen LogP) is 4.06. The third kappa shape index (κ3) is 2.33. The number of rotatable bonds is 2. The summed E-state index contributed by atoms with van der Waals surface area (Å²) in [5.41, 5.74) is 2.17. The van der Waals surface area contributed by atoms with E-state index < -0.39 is 5.97 Å². The Kier molecular flexibility index (Phi) is 3.55. The van der Waals surface area contributed by atoms with Crippen molar-refractivity contribution in [3.05, 3.63) is 51.8 Å². The van der Waals surface area contributed by atoms with Gasteiger partial charge in [-0.25, -0.2) is 9.78 Å². The number of aromatic carboxylic acids is 1. The lowest BCUT2D eigenvalue weighted by atomic mass is 9.98. The molecule has 2 rings (SSSR count). The Morgan fingerprint density at radius 3 is 2.50 bits per heavy atom. The number of carboxylic acid groups (broad SMARTS) is 1. The average molecular weight is 282 g/mol. The first kappa shape index (κ1) is 12.9. The molecule has 0 saturated carbocycles. The number of aryl methyl sites for hydroxylation is 1. The molecule has 0 saturated heterocycles. The second kappa shape index (κ2) is 4.96. The Hall–Kier alpha value is -1.58. The monoisotopic (exact) mass is 281 g/mol. The smallest absolute Gasteiger partial charge is 0.339 e. The minimum atomic E-state index is -1.12. The molecule has 1 heterocycles. The maximum atomic E-state index is 11.3. The van der Waals surface area contributed by atoms with Crippen molar-refractivity contribution in [2.24, 2.45) is 0 Å². The van der Waals surface area contributed by atoms with Crippen molar-refractivity contribution in [2.75, 3.05) is 0 Å². The van der Waals surface area contributed by atoms with Gasteiger partial charge in [0.05, 0.1) is 0 Å². The van der Waals surface area contributed by atoms with Gasteiger partial charge in [-0.15, -0.1) is 0 Å². The zero-order chi connectivity index (χ0) is 13.3. The molecule has 1 aromatic heterocycles. The van der Waals surface area contributed by atoms with Crippen LogP contribution < -0.4 is 0 Å². The topological polar surface area (TPSA) is 50.2 Å². The fourth-order valence-corrected chi connectivity index (χ4v) is 2.29. The molecule has 0 bridgehead atoms. The van der Waals surface area contributed by atoms with E-state index in [0.717, 1.165) is 11.1 Å². The molecule has 0 aliphatic rings. The van der Waals surface area contributed by atoms with E-state index in [4.69, 9.17) is 23.2 Å². The van der Waals surface area contributed by atoms with Crippen LogP contribution in [-0.4, -0.2) is 16.1 Å². The van der Waals surface area contributed by atoms with Crippen LogP contribution in [0, 0.1) is 6.92 Å². The number of benzene rings is 1. The summed E-state index contributed by atoms with van der Waals surface area (Å²) in [7, 11) is 0. The minimum absolute atomic E-state index is 0.0321. The van der Waals surface area contributed by atoms with Crippen LogP contribution in [0.1, 0.15) is 15.9 Å². The zero-order valence-electron chi connectivity index (χ0n) is 9.45. The van der Waals surface area contributed by atoms with Gasteiger partial charge in [0.1, 0.15) is 15.9 Å². The molecule has 0 radical (unpaired) electrons. The van der Waals surface area contributed by atoms with E-state index in [9.17, 15) is 9.90 Å². The van der Waals surface area contributed by atoms with E-state index in [2.05, 4.69) is 4.98 Å². The summed E-state index contributed by atoms with van der Waals surface area (Å²) >= 11 is 11.7. The number of hydrogen-bond donors (Lipinski definition) is 1. The summed E-state index contributed by atoms with van der Waals surface area (Å²) in [6.45, 7) is 1.89. The van der Waals surface area contributed by atoms with Crippen molar-refractivity contribution in [1.29, 1.82) is 0 Å². The SMILES string of the molecule is Cc1ccccc1-c1cc(Cl)nc(Cl)c1C(=O)O. The second-order valence-electron chi connectivity index (χ2n) is 3.78. The highest BCUT2D eigenvalue weighted by Crippen LogP contribution is 2.32. The second-order valence-corrected chi connectivity index (χ2v) is 4.52. The van der Waals surface area contributed by atoms with Crippen molar-refractivity contribution >= 4 is 29.2 Å². The van der Waals surface area contributed by atoms with Crippen LogP contribution >= 0.6 is 23.2 Å². The van der Waals surface area contributed by atoms with Gasteiger partial charge in [-0.2, -0.15) is 0 Å². The molecule has 0 amide bonds. The summed E-state index contributed by atoms with van der Waals surface area (Å²) < 4.78 is 0. The Balaban J connectivity index is 2.78. The number of carboxylic acids is 1. The van der Waals surface area contributed by atoms with E-state index in [1.807, 2.05) is 31.2 Å². The maximum Gasteiger partial charge on any atom is 0.339 e. The van der Waals surface area contributed by atoms with Gasteiger partial charge in [0.2, 0.25) is 0 Å². The molecule has 0 unspecified atom stereocenters. The zero-order valence-corrected chi connectivity index (χ0v) is 11.0. The molecule has 5 heteroatoms. The molecule has 0 atom stereocenters. The molecule has 18 heavy (non-hydrogen) atoms. The van der Waals surface area contributed by atoms with Crippen molar-refractivity contribution in [2.45, 2.75) is 6.92 Å². The van der Waals surface area contributed by atoms with Crippen LogP contribution in [0.5, 0.6) is 0 Å². The number of hydrogen-bond acceptors (Lipinski definition) is 2. The van der Waals surface area contributed by atoms with Gasteiger partial charge in [-0.05, 0) is 24.1 Å². The molecule has 0 aliphatic carbocycles. The molecular weight excluding hydrogens is 273 g/mol. The average Bonchev–Trinajstić information content (AvgIpc) is 2.27. The Morgan fingerprint density at radius 1 is 1.22 bits per heavy atom. The van der Waals surface area contributed by atoms with E-state index in [-0.39, 0.29) is 15.9 Å². The Bertz CT molecular complexity index is 626. The van der Waals surface area contributed by atoms with Crippen LogP contribution in [0.2, 0.25) is 10.3 Å². The number of carbonyl (C=O) groups is 1. The van der Waals surface area contributed by atoms with Crippen LogP contribution in [0.3, 0.4) is 0 Å². The van der Waals surface area contributed by atoms with Gasteiger partial charge < -0.3 is 5.11 Å². The van der Waals surface area contributed by atoms with Crippen molar-refractivity contribution in [3.63, 3.8) is 0 Å². The van der Waals surface area contributed by atoms with Crippen LogP contribution in [-0.2, 0) is 0 Å². The van der Waals surface area contributed by atoms with Gasteiger partial charge in [0, 0.05) is 5.56 Å². The molecule has 3 nitrogen and oxygen atoms in total. The fourth-order valence-electron chi connectivity index (χ4n) is 1.78. The van der Waals surface area contributed by atoms with E-state index in [0.29, 0.717) is 5.56 Å². The molecule has 2 aromatic rings. The summed E-state index contributed by atoms with van der Waals surface area (Å²) in [6, 6.07) is 8.94. The molecule has 0 spiro atoms. The van der Waals surface area contributed by atoms with Gasteiger partial charge in [-0.1, -0.05) is 47.5 Å². The summed E-state index contributed by atoms with van der Waals surface area (Å²) in [6.07, 6.45) is 0. The predicted molar refractivity (Wildman–Crippen MR) is 71.4 cm³/mol. The van der Waals surface area contributed by atoms with Crippen LogP contribution in [0.15, 0.2) is 30.3 Å². The third-order valence-corrected chi connectivity index (χ3v) is 3.06. The molecular formula is C13H9Cl2NO2. The number of halogens is 2. The Labute approximate surface area is 114 Å². The van der Waals surface area contributed by atoms with Crippen molar-refractivity contribution < 1.29 is 9.90 Å². The van der Waals surface area contributed by atoms with Gasteiger partial charge >= 0.3 is 5.97 Å². The molecule has 0 aliphatic heterocycles. The number of aromatic nitrogens is 1. The molecule has 0 fully saturated rings. The highest BCUT2D eigenvalue weighted by molar-refractivity contribution is 6.35. The quantitative estimate of drug-likeness (QED) is 0.845. The standard InChI is InChI=1S/C13H9Cl2NO2/c1-7-4-2-3-5-8(7)9-6-10(14)16-12(15)11(9)13(17)18/h2-6H,1H3,(H,17,18). The lowest BCUT2D eigenvalue weighted by Gasteiger charge is -2.10. The van der Waals surface area contributed by atoms with Gasteiger partial charge in [-0.3, -0.25) is 0 Å². The lowest BCUT2D eigenvalue weighted by molar-refractivity contribution is 0.0697. The van der Waals surface area contributed by atoms with Gasteiger partial charge in [0.15, 0.2) is 0 Å². The molecule has 1 N–H and O–H groups in total. The van der Waals surface area contributed by atoms with Crippen molar-refractivity contribution in [1.82, 2.24) is 4.98 Å². The lowest BCUT2D eigenvalue weighted by Crippen LogP contribution is -2.03. The summed E-state index contributed by atoms with van der Waals surface area (Å²) in [4.78, 5) is 15.0. The van der Waals surface area contributed by atoms with Crippen molar-refractivity contribution in [3.8, 4) is 11.1 Å². The Morgan fingerprint density at radius 2 is 1.89 bits per heavy atom. The highest BCUT2D eigenvalue weighted by Gasteiger charge is 2.19. The first-order valence-corrected chi connectivity index (χ1v) is 5.91.